The van der Waals surface area contributed by atoms with Crippen molar-refractivity contribution in [2.45, 2.75) is 40.3 Å². The van der Waals surface area contributed by atoms with Crippen LogP contribution in [-0.4, -0.2) is 31.8 Å². The monoisotopic (exact) mass is 486 g/mol. The molecule has 0 amide bonds. The zero-order valence-electron chi connectivity index (χ0n) is 21.1. The van der Waals surface area contributed by atoms with Crippen LogP contribution in [0.15, 0.2) is 65.4 Å². The summed E-state index contributed by atoms with van der Waals surface area (Å²) in [5.74, 6) is 2.88. The lowest BCUT2D eigenvalue weighted by atomic mass is 10.0. The number of rotatable bonds is 7. The lowest BCUT2D eigenvalue weighted by Gasteiger charge is -2.14. The maximum absolute atomic E-state index is 6.34. The molecule has 186 valence electrons. The first-order valence-corrected chi connectivity index (χ1v) is 11.8. The summed E-state index contributed by atoms with van der Waals surface area (Å²) in [7, 11) is 1.58. The molecule has 9 heteroatoms. The van der Waals surface area contributed by atoms with Gasteiger partial charge in [-0.3, -0.25) is 0 Å². The minimum Gasteiger partial charge on any atom is -0.457 e. The average molecular weight is 487 g/mol. The first-order chi connectivity index (χ1) is 17.6. The van der Waals surface area contributed by atoms with Crippen molar-refractivity contribution in [3.63, 3.8) is 0 Å². The fourth-order valence-corrected chi connectivity index (χ4v) is 4.15. The Labute approximate surface area is 209 Å². The molecule has 0 bridgehead atoms. The van der Waals surface area contributed by atoms with Crippen LogP contribution in [0.2, 0.25) is 0 Å². The first kappa shape index (κ1) is 24.9. The van der Waals surface area contributed by atoms with Crippen molar-refractivity contribution in [3.05, 3.63) is 78.3 Å². The fourth-order valence-electron chi connectivity index (χ4n) is 4.15. The molecule has 5 aromatic rings. The Kier molecular flexibility index (Phi) is 7.60. The highest BCUT2D eigenvalue weighted by Crippen LogP contribution is 2.39. The number of nitrogens with two attached hydrogens (primary N) is 1. The maximum atomic E-state index is 6.34. The smallest absolute Gasteiger partial charge is 0.252 e. The van der Waals surface area contributed by atoms with Gasteiger partial charge in [-0.1, -0.05) is 49.3 Å². The van der Waals surface area contributed by atoms with Gasteiger partial charge in [-0.25, -0.2) is 9.97 Å². The van der Waals surface area contributed by atoms with E-state index in [9.17, 15) is 0 Å². The number of anilines is 1. The lowest BCUT2D eigenvalue weighted by Crippen LogP contribution is -2.11. The summed E-state index contributed by atoms with van der Waals surface area (Å²) in [6, 6.07) is 17.3. The molecular formula is C27H30N6O3. The number of para-hydroxylation sites is 1. The quantitative estimate of drug-likeness (QED) is 0.300. The number of aromatic nitrogens is 5. The molecule has 2 aromatic carbocycles. The summed E-state index contributed by atoms with van der Waals surface area (Å²) in [5.41, 5.74) is 9.93. The molecule has 0 aliphatic rings. The van der Waals surface area contributed by atoms with E-state index < -0.39 is 0 Å². The number of methoxy groups -OCH3 is 1. The van der Waals surface area contributed by atoms with E-state index in [1.54, 1.807) is 7.11 Å². The predicted molar refractivity (Wildman–Crippen MR) is 139 cm³/mol. The Morgan fingerprint density at radius 1 is 1.00 bits per heavy atom. The third-order valence-electron chi connectivity index (χ3n) is 5.69. The molecule has 9 nitrogen and oxygen atoms in total. The highest BCUT2D eigenvalue weighted by Gasteiger charge is 2.25. The van der Waals surface area contributed by atoms with Crippen molar-refractivity contribution in [3.8, 4) is 22.6 Å². The molecule has 0 saturated carbocycles. The van der Waals surface area contributed by atoms with Crippen molar-refractivity contribution >= 4 is 16.9 Å². The average Bonchev–Trinajstić information content (AvgIpc) is 3.49. The zero-order chi connectivity index (χ0) is 25.7. The third-order valence-corrected chi connectivity index (χ3v) is 5.69. The van der Waals surface area contributed by atoms with Gasteiger partial charge < -0.3 is 24.3 Å². The Morgan fingerprint density at radius 3 is 2.39 bits per heavy atom. The molecular weight excluding hydrogens is 456 g/mol. The Hall–Kier alpha value is -4.24. The van der Waals surface area contributed by atoms with Crippen LogP contribution in [0.5, 0.6) is 11.5 Å². The Bertz CT molecular complexity index is 1430. The second kappa shape index (κ2) is 11.0. The van der Waals surface area contributed by atoms with Crippen LogP contribution in [0.4, 0.5) is 5.82 Å². The van der Waals surface area contributed by atoms with Crippen molar-refractivity contribution < 1.29 is 14.0 Å². The molecule has 5 rings (SSSR count). The minimum absolute atomic E-state index is 0.249. The fraction of sp³-hybridized carbons (Fsp3) is 0.259. The van der Waals surface area contributed by atoms with E-state index in [1.807, 2.05) is 82.3 Å². The topological polar surface area (TPSA) is 114 Å². The first-order valence-electron chi connectivity index (χ1n) is 11.8. The predicted octanol–water partition coefficient (Wildman–Crippen LogP) is 5.95. The second-order valence-corrected chi connectivity index (χ2v) is 7.88. The molecule has 0 radical (unpaired) electrons. The van der Waals surface area contributed by atoms with Gasteiger partial charge in [0.1, 0.15) is 35.9 Å². The Balaban J connectivity index is 0.00000148. The van der Waals surface area contributed by atoms with E-state index in [2.05, 4.69) is 24.7 Å². The Morgan fingerprint density at radius 2 is 1.69 bits per heavy atom. The van der Waals surface area contributed by atoms with Crippen LogP contribution in [0.3, 0.4) is 0 Å². The molecule has 0 spiro atoms. The molecule has 2 N–H and O–H groups in total. The summed E-state index contributed by atoms with van der Waals surface area (Å²) >= 11 is 0. The van der Waals surface area contributed by atoms with E-state index in [1.165, 1.54) is 6.33 Å². The van der Waals surface area contributed by atoms with Gasteiger partial charge in [0.25, 0.3) is 5.89 Å². The molecule has 0 aliphatic carbocycles. The number of nitrogen functional groups attached to an aromatic ring is 1. The highest BCUT2D eigenvalue weighted by molar-refractivity contribution is 6.02. The van der Waals surface area contributed by atoms with Crippen molar-refractivity contribution in [1.29, 1.82) is 0 Å². The third kappa shape index (κ3) is 4.78. The van der Waals surface area contributed by atoms with Gasteiger partial charge in [0.2, 0.25) is 0 Å². The maximum Gasteiger partial charge on any atom is 0.252 e. The van der Waals surface area contributed by atoms with Gasteiger partial charge in [-0.05, 0) is 43.7 Å². The number of ether oxygens (including phenoxy) is 2. The molecule has 3 heterocycles. The number of benzene rings is 2. The van der Waals surface area contributed by atoms with E-state index >= 15 is 0 Å². The van der Waals surface area contributed by atoms with Crippen molar-refractivity contribution in [1.82, 2.24) is 24.7 Å². The SMILES string of the molecule is CC.COCc1nc(C(C)n2c(C)c(-c3ccc(Oc4ccccc4)cc3)c3c(N)ncnc32)no1. The van der Waals surface area contributed by atoms with Gasteiger partial charge in [0.15, 0.2) is 5.82 Å². The number of hydrogen-bond donors (Lipinski definition) is 1. The molecule has 0 fully saturated rings. The van der Waals surface area contributed by atoms with Crippen LogP contribution >= 0.6 is 0 Å². The minimum atomic E-state index is -0.249. The van der Waals surface area contributed by atoms with Crippen molar-refractivity contribution in [2.24, 2.45) is 0 Å². The van der Waals surface area contributed by atoms with Gasteiger partial charge >= 0.3 is 0 Å². The van der Waals surface area contributed by atoms with Crippen LogP contribution in [0, 0.1) is 6.92 Å². The summed E-state index contributed by atoms with van der Waals surface area (Å²) in [5, 5.41) is 4.92. The van der Waals surface area contributed by atoms with Crippen molar-refractivity contribution in [2.75, 3.05) is 12.8 Å². The van der Waals surface area contributed by atoms with Crippen LogP contribution in [-0.2, 0) is 11.3 Å². The van der Waals surface area contributed by atoms with E-state index in [0.717, 1.165) is 33.7 Å². The number of nitrogens with zero attached hydrogens (tertiary/aromatic N) is 5. The van der Waals surface area contributed by atoms with Crippen LogP contribution in [0.25, 0.3) is 22.2 Å². The summed E-state index contributed by atoms with van der Waals surface area (Å²) < 4.78 is 18.4. The van der Waals surface area contributed by atoms with Crippen LogP contribution < -0.4 is 10.5 Å². The second-order valence-electron chi connectivity index (χ2n) is 7.88. The van der Waals surface area contributed by atoms with E-state index in [-0.39, 0.29) is 12.6 Å². The number of hydrogen-bond acceptors (Lipinski definition) is 8. The summed E-state index contributed by atoms with van der Waals surface area (Å²) in [4.78, 5) is 13.3. The molecule has 0 saturated heterocycles. The zero-order valence-corrected chi connectivity index (χ0v) is 21.1. The van der Waals surface area contributed by atoms with Crippen LogP contribution in [0.1, 0.15) is 44.2 Å². The van der Waals surface area contributed by atoms with E-state index in [4.69, 9.17) is 19.7 Å². The standard InChI is InChI=1S/C25H24N6O3.C2H6/c1-15-21(17-9-11-19(12-10-17)33-18-7-5-4-6-8-18)22-23(26)27-14-28-25(22)31(15)16(2)24-29-20(13-32-3)34-30-24;1-2/h4-12,14,16H,13H2,1-3H3,(H2,26,27,28);1-2H3. The summed E-state index contributed by atoms with van der Waals surface area (Å²) in [6.45, 7) is 8.27. The number of fused-ring (bicyclic) bond motifs is 1. The van der Waals surface area contributed by atoms with Gasteiger partial charge in [-0.15, -0.1) is 0 Å². The van der Waals surface area contributed by atoms with E-state index in [0.29, 0.717) is 23.2 Å². The molecule has 1 unspecified atom stereocenters. The summed E-state index contributed by atoms with van der Waals surface area (Å²) in [6.07, 6.45) is 1.47. The largest absolute Gasteiger partial charge is 0.457 e. The normalized spacial score (nSPS) is 11.7. The molecule has 0 aliphatic heterocycles. The van der Waals surface area contributed by atoms with Gasteiger partial charge in [0.05, 0.1) is 11.4 Å². The van der Waals surface area contributed by atoms with Gasteiger partial charge in [-0.2, -0.15) is 4.98 Å². The molecule has 1 atom stereocenters. The van der Waals surface area contributed by atoms with Gasteiger partial charge in [0, 0.05) is 18.4 Å². The lowest BCUT2D eigenvalue weighted by molar-refractivity contribution is 0.151. The molecule has 3 aromatic heterocycles. The highest BCUT2D eigenvalue weighted by atomic mass is 16.5. The molecule has 36 heavy (non-hydrogen) atoms.